The average Bonchev–Trinajstić information content (AvgIpc) is 2.87. The van der Waals surface area contributed by atoms with E-state index in [2.05, 4.69) is 6.07 Å². The number of pyridine rings is 1. The normalized spacial score (nSPS) is 10.4. The molecule has 0 aliphatic heterocycles. The van der Waals surface area contributed by atoms with Gasteiger partial charge in [0.2, 0.25) is 0 Å². The first kappa shape index (κ1) is 21.5. The molecule has 0 amide bonds. The maximum absolute atomic E-state index is 10.0. The molecular formula is C27H22N2O2S. The standard InChI is InChI=1S/C27H22N2O2S/c1-30-22-12-8-19(9-13-22)18-32-27-25(17-28)24(20-10-14-23(31-2)15-11-20)16-26(29-27)21-6-4-3-5-7-21/h3-16H,18H2,1-2H3. The number of methoxy groups -OCH3 is 2. The minimum atomic E-state index is 0.577. The summed E-state index contributed by atoms with van der Waals surface area (Å²) >= 11 is 1.56. The van der Waals surface area contributed by atoms with Gasteiger partial charge in [-0.05, 0) is 41.5 Å². The summed E-state index contributed by atoms with van der Waals surface area (Å²) in [6.45, 7) is 0. The summed E-state index contributed by atoms with van der Waals surface area (Å²) in [5, 5.41) is 10.8. The number of hydrogen-bond acceptors (Lipinski definition) is 5. The predicted molar refractivity (Wildman–Crippen MR) is 129 cm³/mol. The highest BCUT2D eigenvalue weighted by Crippen LogP contribution is 2.36. The quantitative estimate of drug-likeness (QED) is 0.304. The zero-order valence-corrected chi connectivity index (χ0v) is 18.7. The van der Waals surface area contributed by atoms with Crippen LogP contribution in [0.2, 0.25) is 0 Å². The lowest BCUT2D eigenvalue weighted by molar-refractivity contribution is 0.414. The van der Waals surface area contributed by atoms with Crippen LogP contribution in [-0.2, 0) is 5.75 Å². The Morgan fingerprint density at radius 3 is 2.03 bits per heavy atom. The molecular weight excluding hydrogens is 416 g/mol. The van der Waals surface area contributed by atoms with E-state index in [1.54, 1.807) is 26.0 Å². The van der Waals surface area contributed by atoms with Crippen molar-refractivity contribution in [2.75, 3.05) is 14.2 Å². The van der Waals surface area contributed by atoms with Gasteiger partial charge in [-0.25, -0.2) is 4.98 Å². The van der Waals surface area contributed by atoms with Crippen LogP contribution in [0.25, 0.3) is 22.4 Å². The molecule has 0 spiro atoms. The van der Waals surface area contributed by atoms with E-state index in [1.807, 2.05) is 84.9 Å². The second kappa shape index (κ2) is 10.0. The van der Waals surface area contributed by atoms with E-state index in [0.29, 0.717) is 11.3 Å². The Kier molecular flexibility index (Phi) is 6.74. The highest BCUT2D eigenvalue weighted by Gasteiger charge is 2.16. The fraction of sp³-hybridized carbons (Fsp3) is 0.111. The zero-order chi connectivity index (χ0) is 22.3. The van der Waals surface area contributed by atoms with E-state index < -0.39 is 0 Å². The monoisotopic (exact) mass is 438 g/mol. The van der Waals surface area contributed by atoms with Crippen molar-refractivity contribution in [3.8, 4) is 40.0 Å². The Morgan fingerprint density at radius 2 is 1.44 bits per heavy atom. The second-order valence-electron chi connectivity index (χ2n) is 7.08. The van der Waals surface area contributed by atoms with Crippen molar-refractivity contribution in [2.24, 2.45) is 0 Å². The number of hydrogen-bond donors (Lipinski definition) is 0. The Hall–Kier alpha value is -3.75. The van der Waals surface area contributed by atoms with Gasteiger partial charge in [-0.1, -0.05) is 54.6 Å². The first-order valence-corrected chi connectivity index (χ1v) is 11.1. The molecule has 0 unspecified atom stereocenters. The number of ether oxygens (including phenoxy) is 2. The smallest absolute Gasteiger partial charge is 0.118 e. The van der Waals surface area contributed by atoms with Gasteiger partial charge >= 0.3 is 0 Å². The van der Waals surface area contributed by atoms with Crippen LogP contribution in [0, 0.1) is 11.3 Å². The molecule has 4 rings (SSSR count). The molecule has 0 saturated carbocycles. The van der Waals surface area contributed by atoms with Gasteiger partial charge in [-0.15, -0.1) is 11.8 Å². The van der Waals surface area contributed by atoms with Crippen LogP contribution in [-0.4, -0.2) is 19.2 Å². The van der Waals surface area contributed by atoms with Gasteiger partial charge < -0.3 is 9.47 Å². The molecule has 158 valence electrons. The molecule has 0 bridgehead atoms. The molecule has 32 heavy (non-hydrogen) atoms. The predicted octanol–water partition coefficient (Wildman–Crippen LogP) is 6.60. The fourth-order valence-electron chi connectivity index (χ4n) is 3.36. The van der Waals surface area contributed by atoms with Crippen molar-refractivity contribution in [1.29, 1.82) is 5.26 Å². The summed E-state index contributed by atoms with van der Waals surface area (Å²) in [6, 6.07) is 30.1. The molecule has 0 fully saturated rings. The Bertz CT molecular complexity index is 1230. The van der Waals surface area contributed by atoms with Crippen LogP contribution in [0.5, 0.6) is 11.5 Å². The third-order valence-corrected chi connectivity index (χ3v) is 6.15. The van der Waals surface area contributed by atoms with Crippen LogP contribution in [0.3, 0.4) is 0 Å². The summed E-state index contributed by atoms with van der Waals surface area (Å²) in [5.74, 6) is 2.30. The minimum Gasteiger partial charge on any atom is -0.497 e. The molecule has 0 atom stereocenters. The van der Waals surface area contributed by atoms with Crippen molar-refractivity contribution >= 4 is 11.8 Å². The molecule has 4 nitrogen and oxygen atoms in total. The lowest BCUT2D eigenvalue weighted by Crippen LogP contribution is -1.96. The van der Waals surface area contributed by atoms with Gasteiger partial charge in [-0.2, -0.15) is 5.26 Å². The fourth-order valence-corrected chi connectivity index (χ4v) is 4.32. The van der Waals surface area contributed by atoms with Crippen LogP contribution in [0.1, 0.15) is 11.1 Å². The summed E-state index contributed by atoms with van der Waals surface area (Å²) < 4.78 is 10.5. The highest BCUT2D eigenvalue weighted by molar-refractivity contribution is 7.98. The molecule has 0 radical (unpaired) electrons. The van der Waals surface area contributed by atoms with E-state index in [0.717, 1.165) is 44.5 Å². The number of benzene rings is 3. The average molecular weight is 439 g/mol. The molecule has 1 aromatic heterocycles. The summed E-state index contributed by atoms with van der Waals surface area (Å²) in [7, 11) is 3.30. The van der Waals surface area contributed by atoms with Gasteiger partial charge in [0, 0.05) is 16.9 Å². The molecule has 0 saturated heterocycles. The van der Waals surface area contributed by atoms with E-state index >= 15 is 0 Å². The van der Waals surface area contributed by atoms with Crippen molar-refractivity contribution in [2.45, 2.75) is 10.8 Å². The van der Waals surface area contributed by atoms with Gasteiger partial charge in [-0.3, -0.25) is 0 Å². The summed E-state index contributed by atoms with van der Waals surface area (Å²) in [4.78, 5) is 4.87. The van der Waals surface area contributed by atoms with E-state index in [4.69, 9.17) is 14.5 Å². The first-order chi connectivity index (χ1) is 15.7. The maximum Gasteiger partial charge on any atom is 0.118 e. The van der Waals surface area contributed by atoms with E-state index in [9.17, 15) is 5.26 Å². The molecule has 0 aliphatic rings. The molecule has 3 aromatic carbocycles. The summed E-state index contributed by atoms with van der Waals surface area (Å²) in [5.41, 5.74) is 5.38. The maximum atomic E-state index is 10.0. The molecule has 1 heterocycles. The number of rotatable bonds is 7. The summed E-state index contributed by atoms with van der Waals surface area (Å²) in [6.07, 6.45) is 0. The second-order valence-corrected chi connectivity index (χ2v) is 8.04. The molecule has 0 N–H and O–H groups in total. The Labute approximate surface area is 192 Å². The van der Waals surface area contributed by atoms with Crippen LogP contribution >= 0.6 is 11.8 Å². The van der Waals surface area contributed by atoms with Crippen LogP contribution < -0.4 is 9.47 Å². The van der Waals surface area contributed by atoms with Crippen LogP contribution in [0.4, 0.5) is 0 Å². The number of thioether (sulfide) groups is 1. The van der Waals surface area contributed by atoms with E-state index in [-0.39, 0.29) is 0 Å². The molecule has 5 heteroatoms. The largest absolute Gasteiger partial charge is 0.497 e. The van der Waals surface area contributed by atoms with Crippen molar-refractivity contribution < 1.29 is 9.47 Å². The van der Waals surface area contributed by atoms with Crippen molar-refractivity contribution in [1.82, 2.24) is 4.98 Å². The third-order valence-electron chi connectivity index (χ3n) is 5.10. The van der Waals surface area contributed by atoms with E-state index in [1.165, 1.54) is 0 Å². The van der Waals surface area contributed by atoms with Gasteiger partial charge in [0.25, 0.3) is 0 Å². The topological polar surface area (TPSA) is 55.1 Å². The third kappa shape index (κ3) is 4.77. The zero-order valence-electron chi connectivity index (χ0n) is 17.9. The minimum absolute atomic E-state index is 0.577. The SMILES string of the molecule is COc1ccc(CSc2nc(-c3ccccc3)cc(-c3ccc(OC)cc3)c2C#N)cc1. The highest BCUT2D eigenvalue weighted by atomic mass is 32.2. The molecule has 0 aliphatic carbocycles. The van der Waals surface area contributed by atoms with Gasteiger partial charge in [0.15, 0.2) is 0 Å². The van der Waals surface area contributed by atoms with Crippen LogP contribution in [0.15, 0.2) is 90.0 Å². The van der Waals surface area contributed by atoms with Crippen molar-refractivity contribution in [3.05, 3.63) is 96.1 Å². The first-order valence-electron chi connectivity index (χ1n) is 10.1. The van der Waals surface area contributed by atoms with Gasteiger partial charge in [0.1, 0.15) is 22.6 Å². The number of nitrogens with zero attached hydrogens (tertiary/aromatic N) is 2. The Morgan fingerprint density at radius 1 is 0.812 bits per heavy atom. The number of nitriles is 1. The number of aromatic nitrogens is 1. The van der Waals surface area contributed by atoms with Gasteiger partial charge in [0.05, 0.1) is 25.5 Å². The molecule has 4 aromatic rings. The lowest BCUT2D eigenvalue weighted by Gasteiger charge is -2.13. The van der Waals surface area contributed by atoms with Crippen molar-refractivity contribution in [3.63, 3.8) is 0 Å². The Balaban J connectivity index is 1.76. The lowest BCUT2D eigenvalue weighted by atomic mass is 9.99.